The highest BCUT2D eigenvalue weighted by molar-refractivity contribution is 6.30. The Hall–Kier alpha value is -4.37. The molecule has 0 amide bonds. The van der Waals surface area contributed by atoms with E-state index in [1.807, 2.05) is 78.9 Å². The van der Waals surface area contributed by atoms with Crippen molar-refractivity contribution in [2.75, 3.05) is 4.90 Å². The van der Waals surface area contributed by atoms with Gasteiger partial charge in [0.05, 0.1) is 5.69 Å². The van der Waals surface area contributed by atoms with E-state index in [2.05, 4.69) is 65.6 Å². The first-order valence-electron chi connectivity index (χ1n) is 12.7. The second-order valence-corrected chi connectivity index (χ2v) is 10.1. The Morgan fingerprint density at radius 3 is 1.74 bits per heavy atom. The first kappa shape index (κ1) is 22.8. The second-order valence-electron chi connectivity index (χ2n) is 9.63. The molecule has 0 saturated carbocycles. The number of anilines is 3. The molecule has 2 nitrogen and oxygen atoms in total. The van der Waals surface area contributed by atoms with Crippen molar-refractivity contribution in [3.8, 4) is 11.1 Å². The summed E-state index contributed by atoms with van der Waals surface area (Å²) in [4.78, 5) is 2.23. The van der Waals surface area contributed by atoms with Gasteiger partial charge in [-0.2, -0.15) is 0 Å². The van der Waals surface area contributed by atoms with Crippen LogP contribution >= 0.6 is 11.6 Å². The fraction of sp³-hybridized carbons (Fsp3) is 0.0286. The summed E-state index contributed by atoms with van der Waals surface area (Å²) < 4.78 is 0. The minimum Gasteiger partial charge on any atom is -0.376 e. The van der Waals surface area contributed by atoms with Crippen LogP contribution in [0.5, 0.6) is 0 Å². The second kappa shape index (κ2) is 8.88. The number of benzene rings is 6. The van der Waals surface area contributed by atoms with Crippen LogP contribution in [0.4, 0.5) is 17.1 Å². The minimum absolute atomic E-state index is 0.678. The number of aliphatic hydroxyl groups is 1. The van der Waals surface area contributed by atoms with Gasteiger partial charge in [0.15, 0.2) is 0 Å². The largest absolute Gasteiger partial charge is 0.376 e. The maximum Gasteiger partial charge on any atom is 0.143 e. The third-order valence-corrected chi connectivity index (χ3v) is 7.79. The lowest BCUT2D eigenvalue weighted by molar-refractivity contribution is 0.131. The van der Waals surface area contributed by atoms with Crippen molar-refractivity contribution in [1.29, 1.82) is 0 Å². The Balaban J connectivity index is 1.61. The number of para-hydroxylation sites is 1. The van der Waals surface area contributed by atoms with Crippen molar-refractivity contribution >= 4 is 39.4 Å². The molecule has 1 aliphatic rings. The van der Waals surface area contributed by atoms with Gasteiger partial charge in [-0.15, -0.1) is 0 Å². The summed E-state index contributed by atoms with van der Waals surface area (Å²) in [5.74, 6) is 0. The van der Waals surface area contributed by atoms with Crippen LogP contribution in [-0.4, -0.2) is 5.11 Å². The zero-order valence-electron chi connectivity index (χ0n) is 20.6. The molecular weight excluding hydrogens is 486 g/mol. The Morgan fingerprint density at radius 2 is 1.05 bits per heavy atom. The molecule has 1 aliphatic carbocycles. The van der Waals surface area contributed by atoms with Gasteiger partial charge in [0, 0.05) is 38.5 Å². The lowest BCUT2D eigenvalue weighted by Gasteiger charge is -2.35. The predicted octanol–water partition coefficient (Wildman–Crippen LogP) is 9.23. The summed E-state index contributed by atoms with van der Waals surface area (Å²) in [7, 11) is 0. The van der Waals surface area contributed by atoms with E-state index in [9.17, 15) is 5.11 Å². The zero-order valence-corrected chi connectivity index (χ0v) is 21.3. The van der Waals surface area contributed by atoms with Gasteiger partial charge in [0.25, 0.3) is 0 Å². The maximum atomic E-state index is 12.9. The molecular formula is C35H24ClNO. The first-order chi connectivity index (χ1) is 18.7. The van der Waals surface area contributed by atoms with E-state index in [0.717, 1.165) is 55.7 Å². The fourth-order valence-corrected chi connectivity index (χ4v) is 5.99. The fourth-order valence-electron chi connectivity index (χ4n) is 5.86. The van der Waals surface area contributed by atoms with Crippen LogP contribution in [0.15, 0.2) is 140 Å². The van der Waals surface area contributed by atoms with Crippen molar-refractivity contribution in [2.45, 2.75) is 5.60 Å². The average molecular weight is 510 g/mol. The average Bonchev–Trinajstić information content (AvgIpc) is 3.24. The monoisotopic (exact) mass is 509 g/mol. The topological polar surface area (TPSA) is 23.5 Å². The van der Waals surface area contributed by atoms with Crippen LogP contribution in [0, 0.1) is 0 Å². The third kappa shape index (κ3) is 3.39. The van der Waals surface area contributed by atoms with Crippen LogP contribution < -0.4 is 4.90 Å². The van der Waals surface area contributed by atoms with Crippen LogP contribution in [-0.2, 0) is 5.60 Å². The van der Waals surface area contributed by atoms with Gasteiger partial charge in [-0.05, 0) is 52.9 Å². The van der Waals surface area contributed by atoms with Gasteiger partial charge in [0.1, 0.15) is 5.60 Å². The molecule has 6 aromatic rings. The maximum absolute atomic E-state index is 12.9. The van der Waals surface area contributed by atoms with Crippen molar-refractivity contribution in [3.05, 3.63) is 161 Å². The Morgan fingerprint density at radius 1 is 0.500 bits per heavy atom. The number of nitrogens with zero attached hydrogens (tertiary/aromatic N) is 1. The molecule has 0 fully saturated rings. The van der Waals surface area contributed by atoms with E-state index in [4.69, 9.17) is 11.6 Å². The first-order valence-corrected chi connectivity index (χ1v) is 13.1. The quantitative estimate of drug-likeness (QED) is 0.256. The van der Waals surface area contributed by atoms with E-state index < -0.39 is 5.60 Å². The summed E-state index contributed by atoms with van der Waals surface area (Å²) in [6.45, 7) is 0. The highest BCUT2D eigenvalue weighted by Gasteiger charge is 2.45. The molecule has 1 N–H and O–H groups in total. The minimum atomic E-state index is -1.34. The van der Waals surface area contributed by atoms with E-state index in [0.29, 0.717) is 5.02 Å². The number of halogens is 1. The molecule has 0 aromatic heterocycles. The highest BCUT2D eigenvalue weighted by Crippen LogP contribution is 2.55. The molecule has 0 radical (unpaired) electrons. The lowest BCUT2D eigenvalue weighted by Crippen LogP contribution is -2.29. The van der Waals surface area contributed by atoms with Gasteiger partial charge in [0.2, 0.25) is 0 Å². The SMILES string of the molecule is OC1(c2ccc3ccccc3c2N(c2ccccc2)c2ccc(Cl)cc2)c2ccccc2-c2ccccc21. The molecule has 0 aliphatic heterocycles. The molecule has 0 bridgehead atoms. The van der Waals surface area contributed by atoms with E-state index in [1.165, 1.54) is 0 Å². The molecule has 38 heavy (non-hydrogen) atoms. The van der Waals surface area contributed by atoms with Gasteiger partial charge in [-0.3, -0.25) is 0 Å². The normalized spacial score (nSPS) is 13.2. The lowest BCUT2D eigenvalue weighted by atomic mass is 9.81. The highest BCUT2D eigenvalue weighted by atomic mass is 35.5. The van der Waals surface area contributed by atoms with E-state index in [1.54, 1.807) is 0 Å². The summed E-state index contributed by atoms with van der Waals surface area (Å²) in [6, 6.07) is 47.1. The van der Waals surface area contributed by atoms with Crippen molar-refractivity contribution in [1.82, 2.24) is 0 Å². The molecule has 0 heterocycles. The molecule has 6 aromatic carbocycles. The van der Waals surface area contributed by atoms with Gasteiger partial charge in [-0.1, -0.05) is 115 Å². The number of fused-ring (bicyclic) bond motifs is 4. The molecule has 0 saturated heterocycles. The Bertz CT molecular complexity index is 1750. The summed E-state index contributed by atoms with van der Waals surface area (Å²) in [5.41, 5.74) is 6.27. The zero-order chi connectivity index (χ0) is 25.7. The Labute approximate surface area is 227 Å². The van der Waals surface area contributed by atoms with Crippen molar-refractivity contribution < 1.29 is 5.11 Å². The van der Waals surface area contributed by atoms with E-state index in [-0.39, 0.29) is 0 Å². The van der Waals surface area contributed by atoms with Crippen molar-refractivity contribution in [2.24, 2.45) is 0 Å². The summed E-state index contributed by atoms with van der Waals surface area (Å²) >= 11 is 6.31. The van der Waals surface area contributed by atoms with E-state index >= 15 is 0 Å². The Kier molecular flexibility index (Phi) is 5.33. The van der Waals surface area contributed by atoms with Gasteiger partial charge >= 0.3 is 0 Å². The summed E-state index contributed by atoms with van der Waals surface area (Å²) in [5, 5.41) is 15.8. The molecule has 0 unspecified atom stereocenters. The van der Waals surface area contributed by atoms with Crippen LogP contribution in [0.1, 0.15) is 16.7 Å². The molecule has 0 spiro atoms. The third-order valence-electron chi connectivity index (χ3n) is 7.54. The number of hydrogen-bond acceptors (Lipinski definition) is 2. The summed E-state index contributed by atoms with van der Waals surface area (Å²) in [6.07, 6.45) is 0. The molecule has 182 valence electrons. The van der Waals surface area contributed by atoms with Gasteiger partial charge < -0.3 is 10.0 Å². The van der Waals surface area contributed by atoms with Crippen LogP contribution in [0.2, 0.25) is 5.02 Å². The van der Waals surface area contributed by atoms with Crippen LogP contribution in [0.3, 0.4) is 0 Å². The smallest absolute Gasteiger partial charge is 0.143 e. The van der Waals surface area contributed by atoms with Gasteiger partial charge in [-0.25, -0.2) is 0 Å². The molecule has 3 heteroatoms. The molecule has 7 rings (SSSR count). The number of hydrogen-bond donors (Lipinski definition) is 1. The standard InChI is InChI=1S/C35H24ClNO/c36-25-19-21-27(22-20-25)37(26-11-2-1-3-12-26)34-28-13-5-4-10-24(28)18-23-33(34)35(38)31-16-8-6-14-29(31)30-15-7-9-17-32(30)35/h1-23,38H. The van der Waals surface area contributed by atoms with Crippen LogP contribution in [0.25, 0.3) is 21.9 Å². The number of rotatable bonds is 4. The van der Waals surface area contributed by atoms with Crippen molar-refractivity contribution in [3.63, 3.8) is 0 Å². The predicted molar refractivity (Wildman–Crippen MR) is 158 cm³/mol. The molecule has 0 atom stereocenters.